The molecule has 0 saturated heterocycles. The molecule has 0 unspecified atom stereocenters. The van der Waals surface area contributed by atoms with Crippen molar-refractivity contribution in [3.05, 3.63) is 85.0 Å². The first-order valence-corrected chi connectivity index (χ1v) is 13.0. The summed E-state index contributed by atoms with van der Waals surface area (Å²) in [5.41, 5.74) is -2.10. The van der Waals surface area contributed by atoms with Gasteiger partial charge < -0.3 is 0 Å². The van der Waals surface area contributed by atoms with Gasteiger partial charge in [-0.05, 0) is 41.5 Å². The first kappa shape index (κ1) is 33.6. The van der Waals surface area contributed by atoms with Crippen molar-refractivity contribution in [1.29, 1.82) is 0 Å². The molecule has 0 amide bonds. The van der Waals surface area contributed by atoms with Crippen molar-refractivity contribution >= 4 is 34.2 Å². The van der Waals surface area contributed by atoms with Crippen molar-refractivity contribution < 1.29 is 19.7 Å². The summed E-state index contributed by atoms with van der Waals surface area (Å²) in [5, 5.41) is 57.0. The molecule has 0 radical (unpaired) electrons. The Bertz CT molecular complexity index is 1410. The lowest BCUT2D eigenvalue weighted by Crippen LogP contribution is -2.21. The van der Waals surface area contributed by atoms with E-state index in [0.29, 0.717) is 0 Å². The highest BCUT2D eigenvalue weighted by Gasteiger charge is 2.41. The monoisotopic (exact) mass is 584 g/mol. The molecule has 0 aliphatic rings. The zero-order chi connectivity index (χ0) is 32.8. The molecule has 0 heterocycles. The van der Waals surface area contributed by atoms with Crippen molar-refractivity contribution in [1.82, 2.24) is 0 Å². The SMILES string of the molecule is C/C(=N/N=C(\C)c1c(C)c([N+](=O)[O-])c(C(C)(C)C)c([N+](=O)[O-])c1C)c1c(C)c([N+](=O)[O-])c(C(C)(C)C)c([N+](=O)[O-])c1C. The first-order valence-electron chi connectivity index (χ1n) is 13.0. The van der Waals surface area contributed by atoms with Gasteiger partial charge in [-0.25, -0.2) is 0 Å². The number of hydrogen-bond donors (Lipinski definition) is 0. The second kappa shape index (κ2) is 11.3. The van der Waals surface area contributed by atoms with Crippen molar-refractivity contribution in [2.75, 3.05) is 0 Å². The minimum absolute atomic E-state index is 0.00598. The van der Waals surface area contributed by atoms with E-state index in [4.69, 9.17) is 0 Å². The number of nitro groups is 4. The van der Waals surface area contributed by atoms with Crippen LogP contribution in [0.2, 0.25) is 0 Å². The molecule has 0 atom stereocenters. The highest BCUT2D eigenvalue weighted by molar-refractivity contribution is 6.06. The molecule has 0 aliphatic carbocycles. The number of hydrogen-bond acceptors (Lipinski definition) is 10. The summed E-state index contributed by atoms with van der Waals surface area (Å²) in [6, 6.07) is 0. The van der Waals surface area contributed by atoms with E-state index in [-0.39, 0.29) is 78.7 Å². The minimum Gasteiger partial charge on any atom is -0.258 e. The fraction of sp³-hybridized carbons (Fsp3) is 0.500. The summed E-state index contributed by atoms with van der Waals surface area (Å²) in [6.07, 6.45) is 0. The largest absolute Gasteiger partial charge is 0.283 e. The zero-order valence-electron chi connectivity index (χ0n) is 25.9. The fourth-order valence-electron chi connectivity index (χ4n) is 5.68. The Labute approximate surface area is 243 Å². The van der Waals surface area contributed by atoms with Crippen LogP contribution in [0.4, 0.5) is 22.7 Å². The highest BCUT2D eigenvalue weighted by Crippen LogP contribution is 2.46. The third-order valence-electron chi connectivity index (χ3n) is 7.17. The van der Waals surface area contributed by atoms with E-state index in [1.54, 1.807) is 41.5 Å². The lowest BCUT2D eigenvalue weighted by atomic mass is 9.79. The van der Waals surface area contributed by atoms with Crippen LogP contribution < -0.4 is 0 Å². The van der Waals surface area contributed by atoms with Gasteiger partial charge in [-0.15, -0.1) is 0 Å². The van der Waals surface area contributed by atoms with Gasteiger partial charge >= 0.3 is 0 Å². The van der Waals surface area contributed by atoms with Crippen molar-refractivity contribution in [2.24, 2.45) is 10.2 Å². The molecule has 0 bridgehead atoms. The van der Waals surface area contributed by atoms with Crippen LogP contribution in [-0.2, 0) is 10.8 Å². The van der Waals surface area contributed by atoms with Crippen LogP contribution in [0.15, 0.2) is 10.2 Å². The summed E-state index contributed by atoms with van der Waals surface area (Å²) in [7, 11) is 0. The van der Waals surface area contributed by atoms with Gasteiger partial charge in [0.2, 0.25) is 0 Å². The molecule has 14 nitrogen and oxygen atoms in total. The van der Waals surface area contributed by atoms with Crippen LogP contribution in [-0.4, -0.2) is 31.1 Å². The van der Waals surface area contributed by atoms with E-state index in [1.165, 1.54) is 41.5 Å². The Kier molecular flexibility index (Phi) is 9.07. The summed E-state index contributed by atoms with van der Waals surface area (Å²) >= 11 is 0. The standard InChI is InChI=1S/C28H36N6O8/c1-13-19(14(2)24(32(37)38)21(27(7,8)9)23(13)31(35)36)17(5)29-30-18(6)20-15(3)25(33(39)40)22(28(10,11)12)26(16(20)4)34(41)42/h1-12H3/b29-17-,30-18+. The number of nitrogens with zero attached hydrogens (tertiary/aromatic N) is 6. The van der Waals surface area contributed by atoms with E-state index < -0.39 is 30.5 Å². The highest BCUT2D eigenvalue weighted by atomic mass is 16.6. The lowest BCUT2D eigenvalue weighted by Gasteiger charge is -2.23. The first-order chi connectivity index (χ1) is 19.0. The van der Waals surface area contributed by atoms with E-state index >= 15 is 0 Å². The topological polar surface area (TPSA) is 197 Å². The van der Waals surface area contributed by atoms with Crippen molar-refractivity contribution in [3.8, 4) is 0 Å². The van der Waals surface area contributed by atoms with Gasteiger partial charge in [-0.3, -0.25) is 40.5 Å². The third kappa shape index (κ3) is 5.87. The predicted molar refractivity (Wildman–Crippen MR) is 160 cm³/mol. The molecule has 0 aliphatic heterocycles. The van der Waals surface area contributed by atoms with E-state index in [2.05, 4.69) is 10.2 Å². The average Bonchev–Trinajstić information content (AvgIpc) is 2.79. The molecular weight excluding hydrogens is 548 g/mol. The van der Waals surface area contributed by atoms with Gasteiger partial charge in [0, 0.05) is 44.2 Å². The summed E-state index contributed by atoms with van der Waals surface area (Å²) in [5.74, 6) is 0. The maximum atomic E-state index is 12.2. The van der Waals surface area contributed by atoms with Gasteiger partial charge in [0.05, 0.1) is 31.1 Å². The van der Waals surface area contributed by atoms with Crippen LogP contribution in [0.5, 0.6) is 0 Å². The summed E-state index contributed by atoms with van der Waals surface area (Å²) < 4.78 is 0. The lowest BCUT2D eigenvalue weighted by molar-refractivity contribution is -0.397. The summed E-state index contributed by atoms with van der Waals surface area (Å²) in [4.78, 5) is 46.0. The Hall–Kier alpha value is -4.62. The van der Waals surface area contributed by atoms with E-state index in [1.807, 2.05) is 0 Å². The maximum Gasteiger partial charge on any atom is 0.283 e. The van der Waals surface area contributed by atoms with Crippen LogP contribution in [0.25, 0.3) is 0 Å². The quantitative estimate of drug-likeness (QED) is 0.182. The van der Waals surface area contributed by atoms with Crippen LogP contribution >= 0.6 is 0 Å². The smallest absolute Gasteiger partial charge is 0.258 e. The van der Waals surface area contributed by atoms with Crippen molar-refractivity contribution in [2.45, 2.75) is 93.9 Å². The Balaban J connectivity index is 3.01. The molecule has 0 saturated carbocycles. The molecule has 226 valence electrons. The average molecular weight is 585 g/mol. The molecule has 2 aromatic carbocycles. The zero-order valence-corrected chi connectivity index (χ0v) is 25.9. The van der Waals surface area contributed by atoms with Gasteiger partial charge in [0.1, 0.15) is 11.1 Å². The van der Waals surface area contributed by atoms with Gasteiger partial charge in [-0.1, -0.05) is 41.5 Å². The van der Waals surface area contributed by atoms with Gasteiger partial charge in [0.15, 0.2) is 0 Å². The van der Waals surface area contributed by atoms with Crippen LogP contribution in [0.3, 0.4) is 0 Å². The molecule has 42 heavy (non-hydrogen) atoms. The molecule has 0 fully saturated rings. The Morgan fingerprint density at radius 2 is 0.690 bits per heavy atom. The predicted octanol–water partition coefficient (Wildman–Crippen LogP) is 7.38. The Morgan fingerprint density at radius 1 is 0.500 bits per heavy atom. The number of benzene rings is 2. The molecule has 0 spiro atoms. The maximum absolute atomic E-state index is 12.2. The number of nitro benzene ring substituents is 4. The molecule has 0 aromatic heterocycles. The van der Waals surface area contributed by atoms with E-state index in [9.17, 15) is 40.5 Å². The number of rotatable bonds is 7. The van der Waals surface area contributed by atoms with Crippen LogP contribution in [0, 0.1) is 68.2 Å². The minimum atomic E-state index is -0.920. The van der Waals surface area contributed by atoms with Crippen molar-refractivity contribution in [3.63, 3.8) is 0 Å². The molecule has 2 rings (SSSR count). The second-order valence-electron chi connectivity index (χ2n) is 12.3. The molecule has 0 N–H and O–H groups in total. The summed E-state index contributed by atoms with van der Waals surface area (Å²) in [6.45, 7) is 18.9. The molecular formula is C28H36N6O8. The van der Waals surface area contributed by atoms with Gasteiger partial charge in [0.25, 0.3) is 22.7 Å². The Morgan fingerprint density at radius 3 is 0.833 bits per heavy atom. The van der Waals surface area contributed by atoms with Crippen LogP contribution in [0.1, 0.15) is 99.9 Å². The fourth-order valence-corrected chi connectivity index (χ4v) is 5.68. The van der Waals surface area contributed by atoms with Gasteiger partial charge in [-0.2, -0.15) is 10.2 Å². The normalized spacial score (nSPS) is 12.9. The van der Waals surface area contributed by atoms with E-state index in [0.717, 1.165) is 0 Å². The molecule has 2 aromatic rings. The molecule has 14 heteroatoms. The third-order valence-corrected chi connectivity index (χ3v) is 7.17. The second-order valence-corrected chi connectivity index (χ2v) is 12.3.